The molecule has 0 radical (unpaired) electrons. The van der Waals surface area contributed by atoms with E-state index in [9.17, 15) is 10.4 Å². The van der Waals surface area contributed by atoms with Gasteiger partial charge in [0, 0.05) is 0 Å². The number of aromatic amines is 1. The highest BCUT2D eigenvalue weighted by Crippen LogP contribution is 2.41. The lowest BCUT2D eigenvalue weighted by atomic mass is 9.81. The highest BCUT2D eigenvalue weighted by molar-refractivity contribution is 7.71. The number of nitrogens with one attached hydrogen (secondary N) is 1. The van der Waals surface area contributed by atoms with Crippen LogP contribution in [-0.2, 0) is 0 Å². The number of aliphatic hydroxyl groups excluding tert-OH is 1. The van der Waals surface area contributed by atoms with Crippen molar-refractivity contribution in [1.29, 1.82) is 5.26 Å². The topological polar surface area (TPSA) is 90.2 Å². The van der Waals surface area contributed by atoms with Crippen molar-refractivity contribution in [2.24, 2.45) is 0 Å². The second-order valence-corrected chi connectivity index (χ2v) is 5.14. The summed E-state index contributed by atoms with van der Waals surface area (Å²) in [6.07, 6.45) is 2.57. The molecule has 1 aliphatic rings. The quantitative estimate of drug-likeness (QED) is 0.542. The van der Waals surface area contributed by atoms with Gasteiger partial charge in [-0.2, -0.15) is 5.26 Å². The Morgan fingerprint density at radius 3 is 2.58 bits per heavy atom. The smallest absolute Gasteiger partial charge is 0.230 e. The number of aliphatic hydroxyl groups is 1. The van der Waals surface area contributed by atoms with E-state index in [1.807, 2.05) is 0 Å². The summed E-state index contributed by atoms with van der Waals surface area (Å²) in [5.41, 5.74) is 7.10. The molecule has 0 amide bonds. The molecule has 2 rings (SSSR count). The number of aromatic nitrogens is 1. The third kappa shape index (κ3) is 2.46. The van der Waals surface area contributed by atoms with Gasteiger partial charge in [0.05, 0.1) is 18.2 Å². The van der Waals surface area contributed by atoms with Gasteiger partial charge in [0.1, 0.15) is 16.5 Å². The number of H-pyrrole nitrogens is 1. The Balaban J connectivity index is 2.58. The molecule has 19 heavy (non-hydrogen) atoms. The van der Waals surface area contributed by atoms with Crippen molar-refractivity contribution in [3.63, 3.8) is 0 Å². The first kappa shape index (κ1) is 13.5. The van der Waals surface area contributed by atoms with Crippen LogP contribution in [0.2, 0.25) is 0 Å². The van der Waals surface area contributed by atoms with Crippen molar-refractivity contribution in [2.45, 2.75) is 37.7 Å². The van der Waals surface area contributed by atoms with Crippen molar-refractivity contribution in [3.05, 3.63) is 27.2 Å². The van der Waals surface area contributed by atoms with Gasteiger partial charge in [-0.3, -0.25) is 0 Å². The maximum Gasteiger partial charge on any atom is 0.230 e. The maximum absolute atomic E-state index is 9.56. The normalized spacial score (nSPS) is 22.5. The van der Waals surface area contributed by atoms with E-state index in [0.29, 0.717) is 29.7 Å². The zero-order valence-electron chi connectivity index (χ0n) is 10.3. The van der Waals surface area contributed by atoms with Crippen LogP contribution in [0.1, 0.15) is 42.7 Å². The summed E-state index contributed by atoms with van der Waals surface area (Å²) in [5.74, 6) is 0.292. The Kier molecular flexibility index (Phi) is 3.84. The number of pyridine rings is 1. The Morgan fingerprint density at radius 1 is 1.42 bits per heavy atom. The van der Waals surface area contributed by atoms with Gasteiger partial charge in [-0.05, 0) is 37.2 Å². The van der Waals surface area contributed by atoms with E-state index in [2.05, 4.69) is 15.9 Å². The lowest BCUT2D eigenvalue weighted by Crippen LogP contribution is -2.18. The summed E-state index contributed by atoms with van der Waals surface area (Å²) in [6, 6.07) is 2.08. The largest absolute Gasteiger partial charge is 0.394 e. The van der Waals surface area contributed by atoms with Gasteiger partial charge in [-0.1, -0.05) is 12.2 Å². The molecule has 5 nitrogen and oxygen atoms in total. The number of hydrogen-bond acceptors (Lipinski definition) is 4. The zero-order valence-corrected chi connectivity index (χ0v) is 11.1. The average Bonchev–Trinajstić information content (AvgIpc) is 2.39. The molecule has 1 aliphatic carbocycles. The summed E-state index contributed by atoms with van der Waals surface area (Å²) in [5, 5.41) is 18.8. The van der Waals surface area contributed by atoms with Gasteiger partial charge in [-0.25, -0.2) is 4.85 Å². The van der Waals surface area contributed by atoms with Crippen LogP contribution in [0.5, 0.6) is 0 Å². The first-order chi connectivity index (χ1) is 9.08. The summed E-state index contributed by atoms with van der Waals surface area (Å²) in [6.45, 7) is 7.26. The van der Waals surface area contributed by atoms with Gasteiger partial charge in [0.15, 0.2) is 0 Å². The van der Waals surface area contributed by atoms with Crippen LogP contribution >= 0.6 is 12.2 Å². The Bertz CT molecular complexity index is 630. The van der Waals surface area contributed by atoms with Gasteiger partial charge < -0.3 is 15.8 Å². The molecule has 98 valence electrons. The average molecular weight is 274 g/mol. The molecule has 4 N–H and O–H groups in total. The molecule has 0 atom stereocenters. The van der Waals surface area contributed by atoms with Crippen LogP contribution < -0.4 is 5.73 Å². The molecule has 6 heteroatoms. The van der Waals surface area contributed by atoms with E-state index in [-0.39, 0.29) is 22.5 Å². The van der Waals surface area contributed by atoms with Crippen LogP contribution in [0, 0.1) is 22.5 Å². The lowest BCUT2D eigenvalue weighted by Gasteiger charge is -2.27. The Hall–Kier alpha value is -1.89. The van der Waals surface area contributed by atoms with Crippen LogP contribution in [-0.4, -0.2) is 16.2 Å². The zero-order chi connectivity index (χ0) is 14.0. The molecule has 1 aromatic heterocycles. The molecule has 0 bridgehead atoms. The van der Waals surface area contributed by atoms with E-state index in [0.717, 1.165) is 12.8 Å². The lowest BCUT2D eigenvalue weighted by molar-refractivity contribution is 0.122. The van der Waals surface area contributed by atoms with Gasteiger partial charge in [0.2, 0.25) is 5.69 Å². The van der Waals surface area contributed by atoms with E-state index in [1.54, 1.807) is 0 Å². The summed E-state index contributed by atoms with van der Waals surface area (Å²) in [7, 11) is 0. The standard InChI is InChI=1S/C13H14N4OS/c1-16-11-10(7-2-4-8(18)5-3-7)9(6-14)13(19)17-12(11)15/h7-8,18H,2-5H2,(H3,15,17,19). The second-order valence-electron chi connectivity index (χ2n) is 4.73. The molecular weight excluding hydrogens is 260 g/mol. The molecule has 0 saturated heterocycles. The van der Waals surface area contributed by atoms with E-state index < -0.39 is 0 Å². The predicted octanol–water partition coefficient (Wildman–Crippen LogP) is 2.77. The SMILES string of the molecule is [C-]#[N+]c1c(N)[nH]c(=S)c(C#N)c1C1CCC(O)CC1. The molecule has 1 aromatic rings. The number of nitrogens with two attached hydrogens (primary N) is 1. The molecule has 0 aliphatic heterocycles. The van der Waals surface area contributed by atoms with Crippen LogP contribution in [0.4, 0.5) is 11.5 Å². The van der Waals surface area contributed by atoms with Gasteiger partial charge in [-0.15, -0.1) is 0 Å². The van der Waals surface area contributed by atoms with Gasteiger partial charge in [0.25, 0.3) is 0 Å². The van der Waals surface area contributed by atoms with E-state index in [4.69, 9.17) is 24.5 Å². The van der Waals surface area contributed by atoms with Gasteiger partial charge >= 0.3 is 0 Å². The van der Waals surface area contributed by atoms with E-state index >= 15 is 0 Å². The third-order valence-electron chi connectivity index (χ3n) is 3.58. The van der Waals surface area contributed by atoms with Crippen molar-refractivity contribution < 1.29 is 5.11 Å². The number of rotatable bonds is 1. The van der Waals surface area contributed by atoms with Crippen LogP contribution in [0.3, 0.4) is 0 Å². The molecular formula is C13H14N4OS. The summed E-state index contributed by atoms with van der Waals surface area (Å²) >= 11 is 5.12. The monoisotopic (exact) mass is 274 g/mol. The minimum Gasteiger partial charge on any atom is -0.394 e. The fourth-order valence-electron chi connectivity index (χ4n) is 2.62. The molecule has 0 unspecified atom stereocenters. The predicted molar refractivity (Wildman–Crippen MR) is 74.2 cm³/mol. The Labute approximate surface area is 116 Å². The number of nitrogen functional groups attached to an aromatic ring is 1. The highest BCUT2D eigenvalue weighted by atomic mass is 32.1. The second kappa shape index (κ2) is 5.40. The minimum absolute atomic E-state index is 0.0701. The fraction of sp³-hybridized carbons (Fsp3) is 0.462. The number of nitrogens with zero attached hydrogens (tertiary/aromatic N) is 2. The summed E-state index contributed by atoms with van der Waals surface area (Å²) in [4.78, 5) is 6.15. The van der Waals surface area contributed by atoms with Crippen molar-refractivity contribution in [3.8, 4) is 6.07 Å². The first-order valence-electron chi connectivity index (χ1n) is 6.09. The van der Waals surface area contributed by atoms with Crippen LogP contribution in [0.15, 0.2) is 0 Å². The summed E-state index contributed by atoms with van der Waals surface area (Å²) < 4.78 is 0.286. The van der Waals surface area contributed by atoms with E-state index in [1.165, 1.54) is 0 Å². The molecule has 0 aromatic carbocycles. The maximum atomic E-state index is 9.56. The number of hydrogen-bond donors (Lipinski definition) is 3. The van der Waals surface area contributed by atoms with Crippen molar-refractivity contribution in [1.82, 2.24) is 4.98 Å². The Morgan fingerprint density at radius 2 is 2.05 bits per heavy atom. The third-order valence-corrected chi connectivity index (χ3v) is 3.89. The highest BCUT2D eigenvalue weighted by Gasteiger charge is 2.27. The first-order valence-corrected chi connectivity index (χ1v) is 6.50. The fourth-order valence-corrected chi connectivity index (χ4v) is 2.89. The number of anilines is 1. The number of nitriles is 1. The van der Waals surface area contributed by atoms with Crippen LogP contribution in [0.25, 0.3) is 4.85 Å². The molecule has 1 fully saturated rings. The molecule has 1 saturated carbocycles. The molecule has 0 spiro atoms. The van der Waals surface area contributed by atoms with Crippen molar-refractivity contribution >= 4 is 23.7 Å². The molecule has 1 heterocycles. The van der Waals surface area contributed by atoms with Crippen molar-refractivity contribution in [2.75, 3.05) is 5.73 Å². The minimum atomic E-state index is -0.284.